The number of carbonyl (C=O) groups is 1. The molecule has 1 rings (SSSR count). The van der Waals surface area contributed by atoms with Crippen LogP contribution in [0.5, 0.6) is 0 Å². The lowest BCUT2D eigenvalue weighted by molar-refractivity contribution is 0.0923. The minimum absolute atomic E-state index is 0.109. The summed E-state index contributed by atoms with van der Waals surface area (Å²) >= 11 is 3.25. The van der Waals surface area contributed by atoms with Crippen LogP contribution in [0.2, 0.25) is 0 Å². The molecule has 0 aliphatic rings. The first kappa shape index (κ1) is 14.2. The lowest BCUT2D eigenvalue weighted by Gasteiger charge is -2.21. The summed E-state index contributed by atoms with van der Waals surface area (Å²) in [6.07, 6.45) is 0.857. The van der Waals surface area contributed by atoms with E-state index in [-0.39, 0.29) is 11.9 Å². The van der Waals surface area contributed by atoms with E-state index < -0.39 is 5.82 Å². The number of hydrogen-bond donors (Lipinski definition) is 1. The van der Waals surface area contributed by atoms with Gasteiger partial charge < -0.3 is 5.32 Å². The third kappa shape index (κ3) is 3.80. The summed E-state index contributed by atoms with van der Waals surface area (Å²) in [5.41, 5.74) is 0.337. The van der Waals surface area contributed by atoms with E-state index in [4.69, 9.17) is 0 Å². The second-order valence-corrected chi connectivity index (χ2v) is 5.21. The first-order chi connectivity index (χ1) is 7.95. The Kier molecular flexibility index (Phi) is 5.12. The van der Waals surface area contributed by atoms with E-state index in [1.54, 1.807) is 6.07 Å². The summed E-state index contributed by atoms with van der Waals surface area (Å²) in [6, 6.07) is 4.21. The van der Waals surface area contributed by atoms with E-state index in [2.05, 4.69) is 35.1 Å². The molecular weight excluding hydrogens is 285 g/mol. The maximum atomic E-state index is 13.1. The molecule has 0 spiro atoms. The van der Waals surface area contributed by atoms with E-state index in [1.807, 2.05) is 6.92 Å². The van der Waals surface area contributed by atoms with Gasteiger partial charge in [-0.2, -0.15) is 0 Å². The topological polar surface area (TPSA) is 29.1 Å². The maximum absolute atomic E-state index is 13.1. The van der Waals surface area contributed by atoms with Crippen molar-refractivity contribution in [1.29, 1.82) is 0 Å². The number of hydrogen-bond acceptors (Lipinski definition) is 1. The van der Waals surface area contributed by atoms with Crippen LogP contribution in [0.15, 0.2) is 22.7 Å². The molecule has 0 aromatic heterocycles. The van der Waals surface area contributed by atoms with Crippen molar-refractivity contribution >= 4 is 21.8 Å². The molecule has 0 saturated carbocycles. The molecule has 2 nitrogen and oxygen atoms in total. The van der Waals surface area contributed by atoms with Crippen LogP contribution in [0.25, 0.3) is 0 Å². The zero-order valence-electron chi connectivity index (χ0n) is 10.3. The van der Waals surface area contributed by atoms with Crippen LogP contribution in [0.1, 0.15) is 37.6 Å². The Balaban J connectivity index is 2.86. The van der Waals surface area contributed by atoms with E-state index in [0.29, 0.717) is 16.0 Å². The third-order valence-corrected chi connectivity index (χ3v) is 3.43. The summed E-state index contributed by atoms with van der Waals surface area (Å²) in [5, 5.41) is 2.91. The zero-order chi connectivity index (χ0) is 13.0. The second-order valence-electron chi connectivity index (χ2n) is 4.36. The predicted octanol–water partition coefficient (Wildman–Crippen LogP) is 3.75. The fourth-order valence-corrected chi connectivity index (χ4v) is 2.08. The first-order valence-corrected chi connectivity index (χ1v) is 6.51. The van der Waals surface area contributed by atoms with Crippen molar-refractivity contribution in [3.05, 3.63) is 34.1 Å². The molecule has 1 amide bonds. The standard InChI is InChI=1S/C13H17BrFNO/c1-4-12(8(2)3)16-13(17)10-7-9(15)5-6-11(10)14/h5-8,12H,4H2,1-3H3,(H,16,17). The highest BCUT2D eigenvalue weighted by Gasteiger charge is 2.17. The number of carbonyl (C=O) groups excluding carboxylic acids is 1. The Morgan fingerprint density at radius 1 is 1.47 bits per heavy atom. The molecule has 0 heterocycles. The van der Waals surface area contributed by atoms with E-state index in [0.717, 1.165) is 6.42 Å². The predicted molar refractivity (Wildman–Crippen MR) is 70.5 cm³/mol. The molecule has 1 aromatic carbocycles. The van der Waals surface area contributed by atoms with Gasteiger partial charge >= 0.3 is 0 Å². The van der Waals surface area contributed by atoms with Gasteiger partial charge in [-0.25, -0.2) is 4.39 Å². The molecule has 1 aromatic rings. The Labute approximate surface area is 110 Å². The lowest BCUT2D eigenvalue weighted by Crippen LogP contribution is -2.38. The minimum atomic E-state index is -0.407. The van der Waals surface area contributed by atoms with Crippen molar-refractivity contribution in [1.82, 2.24) is 5.32 Å². The quantitative estimate of drug-likeness (QED) is 0.901. The van der Waals surface area contributed by atoms with E-state index in [1.165, 1.54) is 12.1 Å². The van der Waals surface area contributed by atoms with Gasteiger partial charge in [-0.1, -0.05) is 20.8 Å². The largest absolute Gasteiger partial charge is 0.349 e. The maximum Gasteiger partial charge on any atom is 0.252 e. The van der Waals surface area contributed by atoms with Gasteiger partial charge in [0.1, 0.15) is 5.82 Å². The molecule has 0 radical (unpaired) electrons. The van der Waals surface area contributed by atoms with Gasteiger partial charge in [0.05, 0.1) is 5.56 Å². The molecule has 0 fully saturated rings. The van der Waals surface area contributed by atoms with Gasteiger partial charge in [-0.05, 0) is 46.5 Å². The van der Waals surface area contributed by atoms with Crippen LogP contribution in [0.4, 0.5) is 4.39 Å². The Bertz CT molecular complexity index is 406. The van der Waals surface area contributed by atoms with Crippen molar-refractivity contribution in [2.24, 2.45) is 5.92 Å². The lowest BCUT2D eigenvalue weighted by atomic mass is 10.0. The second kappa shape index (κ2) is 6.15. The van der Waals surface area contributed by atoms with Crippen LogP contribution in [0, 0.1) is 11.7 Å². The Hall–Kier alpha value is -0.900. The minimum Gasteiger partial charge on any atom is -0.349 e. The molecule has 1 atom stereocenters. The van der Waals surface area contributed by atoms with Crippen LogP contribution >= 0.6 is 15.9 Å². The van der Waals surface area contributed by atoms with Crippen LogP contribution < -0.4 is 5.32 Å². The third-order valence-electron chi connectivity index (χ3n) is 2.73. The SMILES string of the molecule is CCC(NC(=O)c1cc(F)ccc1Br)C(C)C. The zero-order valence-corrected chi connectivity index (χ0v) is 11.8. The number of benzene rings is 1. The molecule has 0 aliphatic heterocycles. The molecule has 4 heteroatoms. The van der Waals surface area contributed by atoms with Gasteiger partial charge in [0.2, 0.25) is 0 Å². The molecule has 0 aliphatic carbocycles. The summed E-state index contributed by atoms with van der Waals surface area (Å²) in [6.45, 7) is 6.12. The highest BCUT2D eigenvalue weighted by atomic mass is 79.9. The van der Waals surface area contributed by atoms with E-state index >= 15 is 0 Å². The highest BCUT2D eigenvalue weighted by molar-refractivity contribution is 9.10. The number of amides is 1. The summed E-state index contributed by atoms with van der Waals surface area (Å²) in [5.74, 6) is -0.288. The molecule has 0 saturated heterocycles. The van der Waals surface area contributed by atoms with Crippen LogP contribution in [0.3, 0.4) is 0 Å². The van der Waals surface area contributed by atoms with Crippen LogP contribution in [-0.4, -0.2) is 11.9 Å². The fourth-order valence-electron chi connectivity index (χ4n) is 1.66. The fraction of sp³-hybridized carbons (Fsp3) is 0.462. The summed E-state index contributed by atoms with van der Waals surface area (Å²) in [4.78, 5) is 12.0. The molecule has 1 unspecified atom stereocenters. The van der Waals surface area contributed by atoms with Crippen molar-refractivity contribution in [3.8, 4) is 0 Å². The van der Waals surface area contributed by atoms with Crippen molar-refractivity contribution in [2.45, 2.75) is 33.2 Å². The first-order valence-electron chi connectivity index (χ1n) is 5.71. The highest BCUT2D eigenvalue weighted by Crippen LogP contribution is 2.18. The molecular formula is C13H17BrFNO. The van der Waals surface area contributed by atoms with Crippen LogP contribution in [-0.2, 0) is 0 Å². The number of rotatable bonds is 4. The van der Waals surface area contributed by atoms with Gasteiger partial charge in [0.25, 0.3) is 5.91 Å². The molecule has 17 heavy (non-hydrogen) atoms. The summed E-state index contributed by atoms with van der Waals surface area (Å²) in [7, 11) is 0. The average molecular weight is 302 g/mol. The molecule has 0 bridgehead atoms. The normalized spacial score (nSPS) is 12.6. The average Bonchev–Trinajstić information content (AvgIpc) is 2.28. The van der Waals surface area contributed by atoms with Crippen molar-refractivity contribution in [3.63, 3.8) is 0 Å². The van der Waals surface area contributed by atoms with Crippen molar-refractivity contribution < 1.29 is 9.18 Å². The summed E-state index contributed by atoms with van der Waals surface area (Å²) < 4.78 is 13.7. The molecule has 94 valence electrons. The molecule has 1 N–H and O–H groups in total. The smallest absolute Gasteiger partial charge is 0.252 e. The monoisotopic (exact) mass is 301 g/mol. The van der Waals surface area contributed by atoms with E-state index in [9.17, 15) is 9.18 Å². The van der Waals surface area contributed by atoms with Crippen molar-refractivity contribution in [2.75, 3.05) is 0 Å². The Morgan fingerprint density at radius 3 is 2.65 bits per heavy atom. The van der Waals surface area contributed by atoms with Gasteiger partial charge in [0.15, 0.2) is 0 Å². The van der Waals surface area contributed by atoms with Gasteiger partial charge in [-0.15, -0.1) is 0 Å². The number of nitrogens with one attached hydrogen (secondary N) is 1. The Morgan fingerprint density at radius 2 is 2.12 bits per heavy atom. The number of halogens is 2. The van der Waals surface area contributed by atoms with Gasteiger partial charge in [-0.3, -0.25) is 4.79 Å². The van der Waals surface area contributed by atoms with Gasteiger partial charge in [0, 0.05) is 10.5 Å².